The molecule has 12 heteroatoms. The number of hydrogen-bond donors (Lipinski definition) is 8. The third-order valence-electron chi connectivity index (χ3n) is 4.46. The first-order valence-electron chi connectivity index (χ1n) is 8.14. The second-order valence-corrected chi connectivity index (χ2v) is 6.35. The van der Waals surface area contributed by atoms with Gasteiger partial charge in [-0.15, -0.1) is 0 Å². The van der Waals surface area contributed by atoms with Crippen LogP contribution in [0, 0.1) is 0 Å². The first kappa shape index (κ1) is 21.4. The van der Waals surface area contributed by atoms with Crippen LogP contribution in [0.4, 0.5) is 0 Å². The number of carbonyl (C=O) groups excluding carboxylic acids is 1. The van der Waals surface area contributed by atoms with Crippen LogP contribution in [0.15, 0.2) is 0 Å². The highest BCUT2D eigenvalue weighted by molar-refractivity contribution is 5.73. The summed E-state index contributed by atoms with van der Waals surface area (Å²) < 4.78 is 16.0. The number of hydrogen-bond acceptors (Lipinski definition) is 11. The molecule has 2 heterocycles. The molecule has 12 nitrogen and oxygen atoms in total. The van der Waals surface area contributed by atoms with Crippen LogP contribution in [0.25, 0.3) is 0 Å². The molecule has 0 radical (unpaired) electrons. The predicted octanol–water partition coefficient (Wildman–Crippen LogP) is -5.29. The number of carbonyl (C=O) groups is 1. The Balaban J connectivity index is 2.16. The lowest BCUT2D eigenvalue weighted by molar-refractivity contribution is -0.325. The molecule has 2 saturated heterocycles. The second kappa shape index (κ2) is 8.84. The standard InChI is InChI=1S/C14H26N2O10/c1-4(19)16-8-11(22)12(6(3-18)24-13(8)23)26-14-7(15)10(21)9(20)5(2-17)25-14/h5-14,17-18,20-23H,2-3,15H2,1H3,(H,16,19)/t5?,6?,7?,8?,9-,10-,11-,12-,13?,14+/m1/s1. The summed E-state index contributed by atoms with van der Waals surface area (Å²) >= 11 is 0. The van der Waals surface area contributed by atoms with Crippen molar-refractivity contribution in [3.8, 4) is 0 Å². The van der Waals surface area contributed by atoms with E-state index in [1.165, 1.54) is 6.92 Å². The first-order valence-corrected chi connectivity index (χ1v) is 8.14. The Bertz CT molecular complexity index is 481. The number of aliphatic hydroxyl groups is 6. The lowest BCUT2D eigenvalue weighted by atomic mass is 9.95. The molecule has 0 aromatic heterocycles. The van der Waals surface area contributed by atoms with Crippen molar-refractivity contribution >= 4 is 5.91 Å². The summed E-state index contributed by atoms with van der Waals surface area (Å²) in [6.07, 6.45) is -11.0. The summed E-state index contributed by atoms with van der Waals surface area (Å²) in [4.78, 5) is 11.3. The Morgan fingerprint density at radius 1 is 1.04 bits per heavy atom. The van der Waals surface area contributed by atoms with Crippen molar-refractivity contribution in [2.45, 2.75) is 68.2 Å². The van der Waals surface area contributed by atoms with E-state index in [-0.39, 0.29) is 0 Å². The van der Waals surface area contributed by atoms with E-state index in [4.69, 9.17) is 19.9 Å². The Morgan fingerprint density at radius 3 is 2.19 bits per heavy atom. The van der Waals surface area contributed by atoms with E-state index in [0.717, 1.165) is 0 Å². The van der Waals surface area contributed by atoms with Crippen LogP contribution < -0.4 is 11.1 Å². The van der Waals surface area contributed by atoms with Crippen molar-refractivity contribution in [1.82, 2.24) is 5.32 Å². The topological polar surface area (TPSA) is 204 Å². The van der Waals surface area contributed by atoms with Gasteiger partial charge in [-0.25, -0.2) is 0 Å². The fourth-order valence-corrected chi connectivity index (χ4v) is 3.02. The van der Waals surface area contributed by atoms with Crippen LogP contribution in [0.2, 0.25) is 0 Å². The number of aliphatic hydroxyl groups excluding tert-OH is 6. The quantitative estimate of drug-likeness (QED) is 0.225. The Hall–Kier alpha value is -0.930. The Morgan fingerprint density at radius 2 is 1.65 bits per heavy atom. The van der Waals surface area contributed by atoms with Crippen LogP contribution >= 0.6 is 0 Å². The van der Waals surface area contributed by atoms with Gasteiger partial charge in [0.2, 0.25) is 5.91 Å². The monoisotopic (exact) mass is 382 g/mol. The van der Waals surface area contributed by atoms with Crippen LogP contribution in [-0.4, -0.2) is 111 Å². The molecule has 152 valence electrons. The Kier molecular flexibility index (Phi) is 7.27. The third-order valence-corrected chi connectivity index (χ3v) is 4.46. The van der Waals surface area contributed by atoms with Gasteiger partial charge in [-0.1, -0.05) is 0 Å². The molecule has 2 aliphatic heterocycles. The normalized spacial score (nSPS) is 46.8. The summed E-state index contributed by atoms with van der Waals surface area (Å²) in [6, 6.07) is -2.48. The minimum Gasteiger partial charge on any atom is -0.394 e. The molecule has 0 aromatic rings. The zero-order chi connectivity index (χ0) is 19.6. The molecule has 0 bridgehead atoms. The van der Waals surface area contributed by atoms with E-state index in [1.807, 2.05) is 0 Å². The van der Waals surface area contributed by atoms with Gasteiger partial charge in [-0.05, 0) is 0 Å². The molecule has 1 amide bonds. The van der Waals surface area contributed by atoms with Crippen LogP contribution in [-0.2, 0) is 19.0 Å². The molecular formula is C14H26N2O10. The summed E-state index contributed by atoms with van der Waals surface area (Å²) in [5, 5.41) is 61.1. The van der Waals surface area contributed by atoms with Gasteiger partial charge in [0, 0.05) is 6.92 Å². The van der Waals surface area contributed by atoms with Gasteiger partial charge in [-0.3, -0.25) is 4.79 Å². The molecular weight excluding hydrogens is 356 g/mol. The highest BCUT2D eigenvalue weighted by atomic mass is 16.7. The highest BCUT2D eigenvalue weighted by Gasteiger charge is 2.50. The van der Waals surface area contributed by atoms with Gasteiger partial charge in [0.05, 0.1) is 19.3 Å². The molecule has 0 saturated carbocycles. The van der Waals surface area contributed by atoms with Gasteiger partial charge in [0.1, 0.15) is 42.7 Å². The largest absolute Gasteiger partial charge is 0.394 e. The molecule has 26 heavy (non-hydrogen) atoms. The summed E-state index contributed by atoms with van der Waals surface area (Å²) in [5.74, 6) is -0.539. The number of nitrogens with two attached hydrogens (primary N) is 1. The van der Waals surface area contributed by atoms with Crippen molar-refractivity contribution in [3.05, 3.63) is 0 Å². The summed E-state index contributed by atoms with van der Waals surface area (Å²) in [6.45, 7) is -0.0789. The highest BCUT2D eigenvalue weighted by Crippen LogP contribution is 2.28. The van der Waals surface area contributed by atoms with Crippen molar-refractivity contribution in [3.63, 3.8) is 0 Å². The van der Waals surface area contributed by atoms with Crippen molar-refractivity contribution in [2.24, 2.45) is 5.73 Å². The summed E-state index contributed by atoms with van der Waals surface area (Å²) in [5.41, 5.74) is 5.78. The van der Waals surface area contributed by atoms with Crippen molar-refractivity contribution < 1.29 is 49.6 Å². The van der Waals surface area contributed by atoms with Gasteiger partial charge < -0.3 is 55.9 Å². The molecule has 2 fully saturated rings. The lowest BCUT2D eigenvalue weighted by Crippen LogP contribution is -2.68. The fourth-order valence-electron chi connectivity index (χ4n) is 3.02. The summed E-state index contributed by atoms with van der Waals surface area (Å²) in [7, 11) is 0. The average molecular weight is 382 g/mol. The van der Waals surface area contributed by atoms with E-state index in [1.54, 1.807) is 0 Å². The maximum atomic E-state index is 11.3. The van der Waals surface area contributed by atoms with Gasteiger partial charge in [-0.2, -0.15) is 0 Å². The van der Waals surface area contributed by atoms with Crippen LogP contribution in [0.3, 0.4) is 0 Å². The van der Waals surface area contributed by atoms with Crippen molar-refractivity contribution in [1.29, 1.82) is 0 Å². The number of nitrogens with one attached hydrogen (secondary N) is 1. The van der Waals surface area contributed by atoms with E-state index in [9.17, 15) is 35.4 Å². The minimum absolute atomic E-state index is 0.539. The lowest BCUT2D eigenvalue weighted by Gasteiger charge is -2.46. The minimum atomic E-state index is -1.59. The molecule has 0 aromatic carbocycles. The van der Waals surface area contributed by atoms with E-state index in [0.29, 0.717) is 0 Å². The maximum absolute atomic E-state index is 11.3. The van der Waals surface area contributed by atoms with Gasteiger partial charge in [0.15, 0.2) is 12.6 Å². The molecule has 5 unspecified atom stereocenters. The molecule has 2 rings (SSSR count). The first-order chi connectivity index (χ1) is 12.2. The Labute approximate surface area is 149 Å². The van der Waals surface area contributed by atoms with Crippen LogP contribution in [0.5, 0.6) is 0 Å². The van der Waals surface area contributed by atoms with E-state index >= 15 is 0 Å². The van der Waals surface area contributed by atoms with E-state index < -0.39 is 80.4 Å². The zero-order valence-corrected chi connectivity index (χ0v) is 14.1. The second-order valence-electron chi connectivity index (χ2n) is 6.35. The van der Waals surface area contributed by atoms with Gasteiger partial charge in [0.25, 0.3) is 0 Å². The number of ether oxygens (including phenoxy) is 3. The number of rotatable bonds is 5. The fraction of sp³-hybridized carbons (Fsp3) is 0.929. The third kappa shape index (κ3) is 4.31. The predicted molar refractivity (Wildman–Crippen MR) is 82.2 cm³/mol. The molecule has 0 aliphatic carbocycles. The van der Waals surface area contributed by atoms with Crippen LogP contribution in [0.1, 0.15) is 6.92 Å². The SMILES string of the molecule is CC(=O)NC1C(O)OC(CO)[C@@H](O[C@@H]2OC(CO)[C@@H](O)[C@H](O)C2N)[C@@H]1O. The molecule has 10 atom stereocenters. The van der Waals surface area contributed by atoms with E-state index in [2.05, 4.69) is 5.32 Å². The zero-order valence-electron chi connectivity index (χ0n) is 14.1. The van der Waals surface area contributed by atoms with Crippen molar-refractivity contribution in [2.75, 3.05) is 13.2 Å². The molecule has 9 N–H and O–H groups in total. The average Bonchev–Trinajstić information content (AvgIpc) is 2.60. The molecule has 0 spiro atoms. The number of amides is 1. The molecule has 2 aliphatic rings. The van der Waals surface area contributed by atoms with Gasteiger partial charge >= 0.3 is 0 Å². The maximum Gasteiger partial charge on any atom is 0.217 e. The smallest absolute Gasteiger partial charge is 0.217 e.